The van der Waals surface area contributed by atoms with Crippen LogP contribution in [0.5, 0.6) is 0 Å². The predicted molar refractivity (Wildman–Crippen MR) is 86.8 cm³/mol. The van der Waals surface area contributed by atoms with Crippen LogP contribution < -0.4 is 5.32 Å². The van der Waals surface area contributed by atoms with E-state index >= 15 is 0 Å². The molecule has 1 fully saturated rings. The summed E-state index contributed by atoms with van der Waals surface area (Å²) in [6.45, 7) is 9.40. The van der Waals surface area contributed by atoms with Crippen LogP contribution in [0.2, 0.25) is 10.0 Å². The highest BCUT2D eigenvalue weighted by atomic mass is 35.5. The first-order valence-electron chi connectivity index (χ1n) is 7.24. The van der Waals surface area contributed by atoms with Crippen molar-refractivity contribution in [2.24, 2.45) is 11.3 Å². The van der Waals surface area contributed by atoms with Crippen molar-refractivity contribution in [3.63, 3.8) is 0 Å². The lowest BCUT2D eigenvalue weighted by Gasteiger charge is -2.52. The molecule has 1 aromatic rings. The molecule has 0 amide bonds. The lowest BCUT2D eigenvalue weighted by atomic mass is 9.64. The largest absolute Gasteiger partial charge is 0.381 e. The van der Waals surface area contributed by atoms with E-state index in [-0.39, 0.29) is 27.6 Å². The van der Waals surface area contributed by atoms with Crippen LogP contribution in [-0.4, -0.2) is 18.8 Å². The second-order valence-electron chi connectivity index (χ2n) is 6.72. The maximum absolute atomic E-state index is 13.4. The summed E-state index contributed by atoms with van der Waals surface area (Å²) in [5.41, 5.74) is 0.758. The Labute approximate surface area is 136 Å². The highest BCUT2D eigenvalue weighted by molar-refractivity contribution is 6.35. The van der Waals surface area contributed by atoms with E-state index in [1.54, 1.807) is 12.1 Å². The van der Waals surface area contributed by atoms with Gasteiger partial charge in [-0.3, -0.25) is 0 Å². The van der Waals surface area contributed by atoms with E-state index in [9.17, 15) is 4.39 Å². The van der Waals surface area contributed by atoms with Gasteiger partial charge in [0.25, 0.3) is 0 Å². The van der Waals surface area contributed by atoms with E-state index < -0.39 is 5.82 Å². The number of nitrogens with one attached hydrogen (secondary N) is 1. The van der Waals surface area contributed by atoms with E-state index in [0.29, 0.717) is 5.92 Å². The third kappa shape index (κ3) is 3.64. The average Bonchev–Trinajstić information content (AvgIpc) is 2.38. The molecule has 21 heavy (non-hydrogen) atoms. The topological polar surface area (TPSA) is 21.3 Å². The van der Waals surface area contributed by atoms with Gasteiger partial charge in [0.2, 0.25) is 0 Å². The van der Waals surface area contributed by atoms with Crippen LogP contribution >= 0.6 is 23.2 Å². The SMILES string of the molecule is CC(C)COC1CC(Nc2cc(Cl)c(F)c(Cl)c2)C1(C)C. The highest BCUT2D eigenvalue weighted by Gasteiger charge is 2.49. The van der Waals surface area contributed by atoms with Gasteiger partial charge in [0.1, 0.15) is 0 Å². The van der Waals surface area contributed by atoms with Gasteiger partial charge in [-0.1, -0.05) is 50.9 Å². The van der Waals surface area contributed by atoms with Gasteiger partial charge in [-0.2, -0.15) is 0 Å². The Morgan fingerprint density at radius 2 is 1.90 bits per heavy atom. The summed E-state index contributed by atoms with van der Waals surface area (Å²) in [7, 11) is 0. The smallest absolute Gasteiger partial charge is 0.160 e. The second kappa shape index (κ2) is 6.31. The molecule has 5 heteroatoms. The fraction of sp³-hybridized carbons (Fsp3) is 0.625. The molecule has 0 bridgehead atoms. The monoisotopic (exact) mass is 333 g/mol. The van der Waals surface area contributed by atoms with Crippen molar-refractivity contribution in [2.75, 3.05) is 11.9 Å². The first kappa shape index (κ1) is 16.9. The molecule has 118 valence electrons. The van der Waals surface area contributed by atoms with Gasteiger partial charge in [0.05, 0.1) is 16.1 Å². The molecular formula is C16H22Cl2FNO. The minimum absolute atomic E-state index is 0.0161. The molecule has 0 aromatic heterocycles. The van der Waals surface area contributed by atoms with E-state index in [1.807, 2.05) is 0 Å². The first-order chi connectivity index (χ1) is 9.71. The zero-order valence-corrected chi connectivity index (χ0v) is 14.4. The van der Waals surface area contributed by atoms with Crippen LogP contribution in [0, 0.1) is 17.2 Å². The van der Waals surface area contributed by atoms with Crippen molar-refractivity contribution in [1.29, 1.82) is 0 Å². The summed E-state index contributed by atoms with van der Waals surface area (Å²) >= 11 is 11.6. The molecule has 0 saturated heterocycles. The van der Waals surface area contributed by atoms with Crippen LogP contribution in [0.25, 0.3) is 0 Å². The van der Waals surface area contributed by atoms with Crippen molar-refractivity contribution in [3.05, 3.63) is 28.0 Å². The van der Waals surface area contributed by atoms with Gasteiger partial charge in [-0.05, 0) is 24.5 Å². The van der Waals surface area contributed by atoms with Crippen LogP contribution in [0.3, 0.4) is 0 Å². The third-order valence-corrected chi connectivity index (χ3v) is 4.68. The normalized spacial score (nSPS) is 24.0. The number of rotatable bonds is 5. The summed E-state index contributed by atoms with van der Waals surface area (Å²) < 4.78 is 19.4. The fourth-order valence-electron chi connectivity index (χ4n) is 2.56. The number of anilines is 1. The standard InChI is InChI=1S/C16H22Cl2FNO/c1-9(2)8-21-14-7-13(16(14,3)4)20-10-5-11(17)15(19)12(18)6-10/h5-6,9,13-14,20H,7-8H2,1-4H3. The van der Waals surface area contributed by atoms with E-state index in [1.165, 1.54) is 0 Å². The number of hydrogen-bond donors (Lipinski definition) is 1. The number of halogens is 3. The van der Waals surface area contributed by atoms with Crippen molar-refractivity contribution in [3.8, 4) is 0 Å². The maximum atomic E-state index is 13.4. The molecule has 2 nitrogen and oxygen atoms in total. The number of hydrogen-bond acceptors (Lipinski definition) is 2. The molecule has 1 aliphatic carbocycles. The lowest BCUT2D eigenvalue weighted by Crippen LogP contribution is -2.58. The fourth-order valence-corrected chi connectivity index (χ4v) is 3.05. The summed E-state index contributed by atoms with van der Waals surface area (Å²) in [6, 6.07) is 3.40. The van der Waals surface area contributed by atoms with Gasteiger partial charge in [0.15, 0.2) is 5.82 Å². The zero-order valence-electron chi connectivity index (χ0n) is 12.8. The van der Waals surface area contributed by atoms with Crippen LogP contribution in [-0.2, 0) is 4.74 Å². The molecular weight excluding hydrogens is 312 g/mol. The van der Waals surface area contributed by atoms with Crippen molar-refractivity contribution in [2.45, 2.75) is 46.3 Å². The Hall–Kier alpha value is -0.510. The zero-order chi connectivity index (χ0) is 15.8. The number of ether oxygens (including phenoxy) is 1. The van der Waals surface area contributed by atoms with E-state index in [2.05, 4.69) is 33.0 Å². The Bertz CT molecular complexity index is 496. The molecule has 2 rings (SSSR count). The van der Waals surface area contributed by atoms with Crippen molar-refractivity contribution < 1.29 is 9.13 Å². The highest BCUT2D eigenvalue weighted by Crippen LogP contribution is 2.45. The molecule has 0 spiro atoms. The second-order valence-corrected chi connectivity index (χ2v) is 7.54. The van der Waals surface area contributed by atoms with Crippen LogP contribution in [0.1, 0.15) is 34.1 Å². The van der Waals surface area contributed by atoms with Crippen molar-refractivity contribution in [1.82, 2.24) is 0 Å². The lowest BCUT2D eigenvalue weighted by molar-refractivity contribution is -0.108. The van der Waals surface area contributed by atoms with E-state index in [4.69, 9.17) is 27.9 Å². The minimum atomic E-state index is -0.574. The molecule has 2 unspecified atom stereocenters. The van der Waals surface area contributed by atoms with Crippen LogP contribution in [0.4, 0.5) is 10.1 Å². The Morgan fingerprint density at radius 3 is 2.38 bits per heavy atom. The van der Waals surface area contributed by atoms with Gasteiger partial charge in [-0.25, -0.2) is 4.39 Å². The molecule has 1 aromatic carbocycles. The molecule has 1 aliphatic rings. The first-order valence-corrected chi connectivity index (χ1v) is 8.00. The van der Waals surface area contributed by atoms with Crippen molar-refractivity contribution >= 4 is 28.9 Å². The molecule has 0 heterocycles. The molecule has 2 atom stereocenters. The number of benzene rings is 1. The summed E-state index contributed by atoms with van der Waals surface area (Å²) in [5, 5.41) is 3.45. The van der Waals surface area contributed by atoms with Gasteiger partial charge >= 0.3 is 0 Å². The Kier molecular flexibility index (Phi) is 5.07. The Morgan fingerprint density at radius 1 is 1.33 bits per heavy atom. The summed E-state index contributed by atoms with van der Waals surface area (Å²) in [5.74, 6) is -0.0441. The van der Waals surface area contributed by atoms with Gasteiger partial charge in [-0.15, -0.1) is 0 Å². The molecule has 0 aliphatic heterocycles. The summed E-state index contributed by atoms with van der Waals surface area (Å²) in [6.07, 6.45) is 1.16. The Balaban J connectivity index is 1.99. The van der Waals surface area contributed by atoms with Gasteiger partial charge < -0.3 is 10.1 Å². The van der Waals surface area contributed by atoms with Crippen LogP contribution in [0.15, 0.2) is 12.1 Å². The predicted octanol–water partition coefficient (Wildman–Crippen LogP) is 5.38. The molecule has 1 saturated carbocycles. The maximum Gasteiger partial charge on any atom is 0.160 e. The average molecular weight is 334 g/mol. The minimum Gasteiger partial charge on any atom is -0.381 e. The van der Waals surface area contributed by atoms with E-state index in [0.717, 1.165) is 18.7 Å². The summed E-state index contributed by atoms with van der Waals surface area (Å²) in [4.78, 5) is 0. The van der Waals surface area contributed by atoms with Gasteiger partial charge in [0, 0.05) is 23.8 Å². The molecule has 0 radical (unpaired) electrons. The quantitative estimate of drug-likeness (QED) is 0.730. The third-order valence-electron chi connectivity index (χ3n) is 4.13. The molecule has 1 N–H and O–H groups in total.